The van der Waals surface area contributed by atoms with Gasteiger partial charge in [0.05, 0.1) is 37.4 Å². The Balaban J connectivity index is 2.15. The molecule has 0 bridgehead atoms. The Morgan fingerprint density at radius 2 is 2.12 bits per heavy atom. The van der Waals surface area contributed by atoms with Crippen LogP contribution in [-0.2, 0) is 19.0 Å². The summed E-state index contributed by atoms with van der Waals surface area (Å²) in [6, 6.07) is 0. The SMILES string of the molecule is COC(=O)/C=C(\C)C[C@@H]1OC[C@@H]2C[C@@H](Cl)[C@H]([C@@H](C)[C@H](C)O)O[C@]2(O)[C@H]1O. The molecule has 0 aliphatic carbocycles. The van der Waals surface area contributed by atoms with Gasteiger partial charge in [-0.2, -0.15) is 0 Å². The van der Waals surface area contributed by atoms with E-state index in [0.717, 1.165) is 0 Å². The van der Waals surface area contributed by atoms with Gasteiger partial charge in [-0.1, -0.05) is 12.5 Å². The van der Waals surface area contributed by atoms with Crippen LogP contribution in [0.15, 0.2) is 11.6 Å². The first-order chi connectivity index (χ1) is 12.1. The van der Waals surface area contributed by atoms with E-state index in [2.05, 4.69) is 4.74 Å². The lowest BCUT2D eigenvalue weighted by molar-refractivity contribution is -0.370. The smallest absolute Gasteiger partial charge is 0.330 e. The van der Waals surface area contributed by atoms with Gasteiger partial charge in [-0.3, -0.25) is 0 Å². The Kier molecular flexibility index (Phi) is 7.10. The fourth-order valence-corrected chi connectivity index (χ4v) is 4.07. The van der Waals surface area contributed by atoms with Crippen molar-refractivity contribution in [3.63, 3.8) is 0 Å². The van der Waals surface area contributed by atoms with Crippen molar-refractivity contribution in [2.45, 2.75) is 69.2 Å². The lowest BCUT2D eigenvalue weighted by atomic mass is 9.78. The molecule has 7 nitrogen and oxygen atoms in total. The molecule has 3 N–H and O–H groups in total. The number of aliphatic hydroxyl groups excluding tert-OH is 2. The highest BCUT2D eigenvalue weighted by Gasteiger charge is 2.58. The standard InChI is InChI=1S/C18H29ClO7/c1-9(6-15(21)24-4)5-14-17(22)18(23)12(8-25-14)7-13(19)16(26-18)10(2)11(3)20/h6,10-14,16-17,20,22-23H,5,7-8H2,1-4H3/b9-6+/t10-,11-,12-,13+,14-,16-,17-,18-/m0/s1. The van der Waals surface area contributed by atoms with Crippen molar-refractivity contribution in [3.05, 3.63) is 11.6 Å². The van der Waals surface area contributed by atoms with Crippen molar-refractivity contribution >= 4 is 17.6 Å². The molecule has 0 aromatic rings. The highest BCUT2D eigenvalue weighted by atomic mass is 35.5. The number of carbonyl (C=O) groups excluding carboxylic acids is 1. The van der Waals surface area contributed by atoms with Crippen molar-refractivity contribution < 1.29 is 34.3 Å². The second-order valence-corrected chi connectivity index (χ2v) is 7.98. The minimum Gasteiger partial charge on any atom is -0.466 e. The third kappa shape index (κ3) is 4.40. The lowest BCUT2D eigenvalue weighted by Gasteiger charge is -2.53. The maximum atomic E-state index is 11.3. The molecule has 2 fully saturated rings. The van der Waals surface area contributed by atoms with Crippen LogP contribution in [0.5, 0.6) is 0 Å². The molecule has 2 aliphatic heterocycles. The molecule has 2 rings (SSSR count). The molecule has 8 atom stereocenters. The molecule has 0 aromatic carbocycles. The number of hydrogen-bond donors (Lipinski definition) is 3. The molecule has 2 aliphatic rings. The van der Waals surface area contributed by atoms with Crippen LogP contribution in [0.25, 0.3) is 0 Å². The first kappa shape index (κ1) is 21.6. The van der Waals surface area contributed by atoms with Gasteiger partial charge in [0, 0.05) is 17.9 Å². The van der Waals surface area contributed by atoms with Gasteiger partial charge < -0.3 is 29.5 Å². The molecule has 2 heterocycles. The quantitative estimate of drug-likeness (QED) is 0.363. The first-order valence-corrected chi connectivity index (χ1v) is 9.30. The predicted octanol–water partition coefficient (Wildman–Crippen LogP) is 0.973. The highest BCUT2D eigenvalue weighted by Crippen LogP contribution is 2.44. The van der Waals surface area contributed by atoms with Crippen LogP contribution in [0, 0.1) is 11.8 Å². The number of halogens is 1. The molecular weight excluding hydrogens is 364 g/mol. The van der Waals surface area contributed by atoms with Crippen LogP contribution in [0.4, 0.5) is 0 Å². The minimum atomic E-state index is -1.81. The van der Waals surface area contributed by atoms with Crippen molar-refractivity contribution in [3.8, 4) is 0 Å². The van der Waals surface area contributed by atoms with E-state index in [0.29, 0.717) is 12.0 Å². The van der Waals surface area contributed by atoms with Crippen LogP contribution >= 0.6 is 11.6 Å². The highest BCUT2D eigenvalue weighted by molar-refractivity contribution is 6.21. The maximum absolute atomic E-state index is 11.3. The molecule has 150 valence electrons. The zero-order valence-electron chi connectivity index (χ0n) is 15.6. The van der Waals surface area contributed by atoms with Gasteiger partial charge in [-0.05, 0) is 26.7 Å². The van der Waals surface area contributed by atoms with E-state index < -0.39 is 47.5 Å². The second-order valence-electron chi connectivity index (χ2n) is 7.42. The third-order valence-corrected chi connectivity index (χ3v) is 5.86. The number of carbonyl (C=O) groups is 1. The van der Waals surface area contributed by atoms with Crippen LogP contribution in [0.3, 0.4) is 0 Å². The van der Waals surface area contributed by atoms with Crippen molar-refractivity contribution in [2.75, 3.05) is 13.7 Å². The Hall–Kier alpha value is -0.700. The predicted molar refractivity (Wildman–Crippen MR) is 94.6 cm³/mol. The van der Waals surface area contributed by atoms with Crippen LogP contribution in [0.2, 0.25) is 0 Å². The van der Waals surface area contributed by atoms with E-state index in [-0.39, 0.29) is 18.9 Å². The van der Waals surface area contributed by atoms with Crippen molar-refractivity contribution in [1.82, 2.24) is 0 Å². The molecular formula is C18H29ClO7. The molecule has 0 spiro atoms. The summed E-state index contributed by atoms with van der Waals surface area (Å²) in [5.74, 6) is -3.09. The topological polar surface area (TPSA) is 105 Å². The molecule has 2 saturated heterocycles. The first-order valence-electron chi connectivity index (χ1n) is 8.87. The number of rotatable bonds is 5. The summed E-state index contributed by atoms with van der Waals surface area (Å²) in [4.78, 5) is 11.3. The van der Waals surface area contributed by atoms with Gasteiger partial charge >= 0.3 is 5.97 Å². The number of alkyl halides is 1. The van der Waals surface area contributed by atoms with Gasteiger partial charge in [0.25, 0.3) is 0 Å². The average molecular weight is 393 g/mol. The number of fused-ring (bicyclic) bond motifs is 1. The lowest BCUT2D eigenvalue weighted by Crippen LogP contribution is -2.67. The monoisotopic (exact) mass is 392 g/mol. The third-order valence-electron chi connectivity index (χ3n) is 5.43. The van der Waals surface area contributed by atoms with E-state index in [1.807, 2.05) is 0 Å². The molecule has 0 amide bonds. The van der Waals surface area contributed by atoms with Crippen LogP contribution < -0.4 is 0 Å². The Morgan fingerprint density at radius 3 is 2.69 bits per heavy atom. The fourth-order valence-electron chi connectivity index (χ4n) is 3.58. The molecule has 8 heteroatoms. The summed E-state index contributed by atoms with van der Waals surface area (Å²) >= 11 is 6.40. The fraction of sp³-hybridized carbons (Fsp3) is 0.833. The van der Waals surface area contributed by atoms with Crippen LogP contribution in [-0.4, -0.2) is 70.6 Å². The number of aliphatic hydroxyl groups is 3. The molecule has 0 radical (unpaired) electrons. The van der Waals surface area contributed by atoms with E-state index >= 15 is 0 Å². The Bertz CT molecular complexity index is 538. The van der Waals surface area contributed by atoms with Crippen LogP contribution in [0.1, 0.15) is 33.6 Å². The van der Waals surface area contributed by atoms with Gasteiger partial charge in [0.1, 0.15) is 6.10 Å². The van der Waals surface area contributed by atoms with E-state index in [9.17, 15) is 20.1 Å². The largest absolute Gasteiger partial charge is 0.466 e. The number of ether oxygens (including phenoxy) is 3. The summed E-state index contributed by atoms with van der Waals surface area (Å²) in [6.45, 7) is 5.33. The van der Waals surface area contributed by atoms with E-state index in [1.165, 1.54) is 13.2 Å². The maximum Gasteiger partial charge on any atom is 0.330 e. The molecule has 0 unspecified atom stereocenters. The number of hydrogen-bond acceptors (Lipinski definition) is 7. The molecule has 0 saturated carbocycles. The normalized spacial score (nSPS) is 40.5. The van der Waals surface area contributed by atoms with Gasteiger partial charge in [-0.25, -0.2) is 4.79 Å². The minimum absolute atomic E-state index is 0.183. The van der Waals surface area contributed by atoms with Crippen molar-refractivity contribution in [2.24, 2.45) is 11.8 Å². The van der Waals surface area contributed by atoms with E-state index in [1.54, 1.807) is 20.8 Å². The molecule has 26 heavy (non-hydrogen) atoms. The van der Waals surface area contributed by atoms with E-state index in [4.69, 9.17) is 21.1 Å². The summed E-state index contributed by atoms with van der Waals surface area (Å²) in [5, 5.41) is 31.3. The van der Waals surface area contributed by atoms with Gasteiger partial charge in [0.15, 0.2) is 5.79 Å². The summed E-state index contributed by atoms with van der Waals surface area (Å²) in [5.41, 5.74) is 0.655. The summed E-state index contributed by atoms with van der Waals surface area (Å²) < 4.78 is 16.2. The zero-order valence-corrected chi connectivity index (χ0v) is 16.3. The summed E-state index contributed by atoms with van der Waals surface area (Å²) in [6.07, 6.45) is -1.34. The zero-order chi connectivity index (χ0) is 19.6. The van der Waals surface area contributed by atoms with Crippen molar-refractivity contribution in [1.29, 1.82) is 0 Å². The molecule has 0 aromatic heterocycles. The summed E-state index contributed by atoms with van der Waals surface area (Å²) in [7, 11) is 1.29. The Morgan fingerprint density at radius 1 is 1.46 bits per heavy atom. The Labute approximate surface area is 158 Å². The van der Waals surface area contributed by atoms with Gasteiger partial charge in [0.2, 0.25) is 0 Å². The second kappa shape index (κ2) is 8.54. The number of methoxy groups -OCH3 is 1. The number of esters is 1. The van der Waals surface area contributed by atoms with Gasteiger partial charge in [-0.15, -0.1) is 11.6 Å². The average Bonchev–Trinajstić information content (AvgIpc) is 2.58.